The van der Waals surface area contributed by atoms with Crippen LogP contribution in [-0.2, 0) is 11.2 Å². The molecule has 5 nitrogen and oxygen atoms in total. The molecule has 27 heavy (non-hydrogen) atoms. The zero-order chi connectivity index (χ0) is 18.6. The summed E-state index contributed by atoms with van der Waals surface area (Å²) in [6.45, 7) is 0. The van der Waals surface area contributed by atoms with Crippen LogP contribution in [0.4, 0.5) is 5.69 Å². The Labute approximate surface area is 162 Å². The Morgan fingerprint density at radius 3 is 2.74 bits per heavy atom. The van der Waals surface area contributed by atoms with Gasteiger partial charge >= 0.3 is 0 Å². The molecule has 1 amide bonds. The van der Waals surface area contributed by atoms with Crippen molar-refractivity contribution in [3.8, 4) is 0 Å². The van der Waals surface area contributed by atoms with Gasteiger partial charge in [-0.3, -0.25) is 4.79 Å². The van der Waals surface area contributed by atoms with Crippen molar-refractivity contribution < 1.29 is 9.32 Å². The number of nitrogens with zero attached hydrogens (tertiary/aromatic N) is 2. The quantitative estimate of drug-likeness (QED) is 0.622. The molecule has 1 heterocycles. The van der Waals surface area contributed by atoms with E-state index < -0.39 is 0 Å². The lowest BCUT2D eigenvalue weighted by Crippen LogP contribution is -2.10. The van der Waals surface area contributed by atoms with E-state index in [2.05, 4.69) is 15.5 Å². The predicted molar refractivity (Wildman–Crippen MR) is 105 cm³/mol. The number of amides is 1. The summed E-state index contributed by atoms with van der Waals surface area (Å²) in [5.41, 5.74) is 2.56. The molecular formula is C21H18ClN3O2. The average molecular weight is 380 g/mol. The fourth-order valence-electron chi connectivity index (χ4n) is 2.73. The third-order valence-electron chi connectivity index (χ3n) is 4.34. The molecule has 1 aliphatic carbocycles. The summed E-state index contributed by atoms with van der Waals surface area (Å²) in [6, 6.07) is 14.9. The summed E-state index contributed by atoms with van der Waals surface area (Å²) in [5, 5.41) is 7.62. The van der Waals surface area contributed by atoms with Gasteiger partial charge in [0, 0.05) is 22.7 Å². The number of halogens is 1. The number of rotatable bonds is 6. The van der Waals surface area contributed by atoms with Crippen molar-refractivity contribution in [1.82, 2.24) is 10.1 Å². The molecule has 0 spiro atoms. The van der Waals surface area contributed by atoms with Crippen LogP contribution in [-0.4, -0.2) is 16.0 Å². The molecule has 2 aromatic carbocycles. The van der Waals surface area contributed by atoms with Gasteiger partial charge in [-0.1, -0.05) is 47.1 Å². The van der Waals surface area contributed by atoms with Crippen LogP contribution >= 0.6 is 11.6 Å². The van der Waals surface area contributed by atoms with Crippen molar-refractivity contribution >= 4 is 29.3 Å². The molecule has 1 aromatic heterocycles. The van der Waals surface area contributed by atoms with Crippen LogP contribution < -0.4 is 5.32 Å². The Morgan fingerprint density at radius 2 is 1.96 bits per heavy atom. The second kappa shape index (κ2) is 7.76. The minimum atomic E-state index is -0.207. The van der Waals surface area contributed by atoms with Gasteiger partial charge in [-0.25, -0.2) is 0 Å². The first-order valence-electron chi connectivity index (χ1n) is 8.82. The van der Waals surface area contributed by atoms with Gasteiger partial charge < -0.3 is 9.84 Å². The van der Waals surface area contributed by atoms with Crippen LogP contribution in [0.25, 0.3) is 6.08 Å². The third kappa shape index (κ3) is 4.63. The van der Waals surface area contributed by atoms with Gasteiger partial charge in [0.2, 0.25) is 11.8 Å². The first-order chi connectivity index (χ1) is 13.2. The van der Waals surface area contributed by atoms with Crippen LogP contribution in [0.15, 0.2) is 59.1 Å². The van der Waals surface area contributed by atoms with Gasteiger partial charge in [0.1, 0.15) is 0 Å². The topological polar surface area (TPSA) is 68.0 Å². The number of aromatic nitrogens is 2. The lowest BCUT2D eigenvalue weighted by atomic mass is 10.1. The summed E-state index contributed by atoms with van der Waals surface area (Å²) < 4.78 is 5.35. The van der Waals surface area contributed by atoms with Crippen LogP contribution in [0.5, 0.6) is 0 Å². The Bertz CT molecular complexity index is 975. The summed E-state index contributed by atoms with van der Waals surface area (Å²) >= 11 is 5.87. The number of carbonyl (C=O) groups is 1. The molecule has 1 fully saturated rings. The van der Waals surface area contributed by atoms with Crippen molar-refractivity contribution in [3.05, 3.63) is 82.5 Å². The highest BCUT2D eigenvalue weighted by Crippen LogP contribution is 2.38. The Kier molecular flexibility index (Phi) is 5.03. The molecule has 3 aromatic rings. The number of hydrogen-bond acceptors (Lipinski definition) is 4. The molecule has 0 atom stereocenters. The van der Waals surface area contributed by atoms with E-state index in [-0.39, 0.29) is 5.91 Å². The molecule has 1 N–H and O–H groups in total. The smallest absolute Gasteiger partial charge is 0.248 e. The largest absolute Gasteiger partial charge is 0.339 e. The van der Waals surface area contributed by atoms with Crippen LogP contribution in [0.3, 0.4) is 0 Å². The zero-order valence-corrected chi connectivity index (χ0v) is 15.3. The van der Waals surface area contributed by atoms with E-state index in [1.54, 1.807) is 18.2 Å². The molecule has 4 rings (SSSR count). The molecule has 0 bridgehead atoms. The highest BCUT2D eigenvalue weighted by Gasteiger charge is 2.28. The molecule has 6 heteroatoms. The van der Waals surface area contributed by atoms with Crippen LogP contribution in [0.2, 0.25) is 5.02 Å². The van der Waals surface area contributed by atoms with Gasteiger partial charge in [-0.05, 0) is 48.2 Å². The van der Waals surface area contributed by atoms with Crippen LogP contribution in [0, 0.1) is 0 Å². The van der Waals surface area contributed by atoms with Crippen molar-refractivity contribution in [2.75, 3.05) is 5.32 Å². The summed E-state index contributed by atoms with van der Waals surface area (Å²) in [7, 11) is 0. The van der Waals surface area contributed by atoms with Gasteiger partial charge in [0.25, 0.3) is 0 Å². The maximum Gasteiger partial charge on any atom is 0.248 e. The lowest BCUT2D eigenvalue weighted by Gasteiger charge is -2.08. The number of benzene rings is 2. The lowest BCUT2D eigenvalue weighted by molar-refractivity contribution is -0.111. The minimum Gasteiger partial charge on any atom is -0.339 e. The van der Waals surface area contributed by atoms with E-state index in [1.165, 1.54) is 6.08 Å². The highest BCUT2D eigenvalue weighted by molar-refractivity contribution is 6.30. The molecule has 136 valence electrons. The van der Waals surface area contributed by atoms with E-state index >= 15 is 0 Å². The highest BCUT2D eigenvalue weighted by atomic mass is 35.5. The van der Waals surface area contributed by atoms with E-state index in [0.29, 0.717) is 23.3 Å². The van der Waals surface area contributed by atoms with Crippen molar-refractivity contribution in [2.24, 2.45) is 0 Å². The minimum absolute atomic E-state index is 0.207. The standard InChI is InChI=1S/C21H18ClN3O2/c22-17-10-5-14(6-11-17)7-12-19(26)23-18-4-2-1-3-16(18)13-20-24-21(25-27-20)15-8-9-15/h1-7,10-12,15H,8-9,13H2,(H,23,26)/b12-7+. The fraction of sp³-hybridized carbons (Fsp3) is 0.190. The summed E-state index contributed by atoms with van der Waals surface area (Å²) in [5.74, 6) is 1.60. The maximum atomic E-state index is 12.3. The molecule has 0 unspecified atom stereocenters. The molecule has 0 saturated heterocycles. The fourth-order valence-corrected chi connectivity index (χ4v) is 2.85. The Hall–Kier alpha value is -2.92. The summed E-state index contributed by atoms with van der Waals surface area (Å²) in [6.07, 6.45) is 5.99. The maximum absolute atomic E-state index is 12.3. The Balaban J connectivity index is 1.43. The zero-order valence-electron chi connectivity index (χ0n) is 14.6. The number of nitrogens with one attached hydrogen (secondary N) is 1. The number of anilines is 1. The van der Waals surface area contributed by atoms with Gasteiger partial charge in [-0.15, -0.1) is 0 Å². The van der Waals surface area contributed by atoms with E-state index in [1.807, 2.05) is 36.4 Å². The SMILES string of the molecule is O=C(/C=C/c1ccc(Cl)cc1)Nc1ccccc1Cc1nc(C2CC2)no1. The van der Waals surface area contributed by atoms with E-state index in [0.717, 1.165) is 35.5 Å². The van der Waals surface area contributed by atoms with Crippen LogP contribution in [0.1, 0.15) is 41.6 Å². The van der Waals surface area contributed by atoms with Crippen molar-refractivity contribution in [2.45, 2.75) is 25.2 Å². The van der Waals surface area contributed by atoms with Gasteiger partial charge in [-0.2, -0.15) is 4.98 Å². The monoisotopic (exact) mass is 379 g/mol. The van der Waals surface area contributed by atoms with Gasteiger partial charge in [0.05, 0.1) is 6.42 Å². The molecule has 1 aliphatic rings. The Morgan fingerprint density at radius 1 is 1.19 bits per heavy atom. The first-order valence-corrected chi connectivity index (χ1v) is 9.20. The van der Waals surface area contributed by atoms with E-state index in [4.69, 9.17) is 16.1 Å². The molecular weight excluding hydrogens is 362 g/mol. The molecule has 0 radical (unpaired) electrons. The normalized spacial score (nSPS) is 13.8. The second-order valence-electron chi connectivity index (χ2n) is 6.53. The number of hydrogen-bond donors (Lipinski definition) is 1. The summed E-state index contributed by atoms with van der Waals surface area (Å²) in [4.78, 5) is 16.7. The number of carbonyl (C=O) groups excluding carboxylic acids is 1. The predicted octanol–water partition coefficient (Wildman–Crippen LogP) is 4.84. The molecule has 1 saturated carbocycles. The first kappa shape index (κ1) is 17.5. The number of para-hydroxylation sites is 1. The average Bonchev–Trinajstić information content (AvgIpc) is 3.42. The van der Waals surface area contributed by atoms with Gasteiger partial charge in [0.15, 0.2) is 5.82 Å². The van der Waals surface area contributed by atoms with Crippen molar-refractivity contribution in [3.63, 3.8) is 0 Å². The molecule has 0 aliphatic heterocycles. The third-order valence-corrected chi connectivity index (χ3v) is 4.59. The second-order valence-corrected chi connectivity index (χ2v) is 6.97. The van der Waals surface area contributed by atoms with E-state index in [9.17, 15) is 4.79 Å². The van der Waals surface area contributed by atoms with Crippen molar-refractivity contribution in [1.29, 1.82) is 0 Å².